The van der Waals surface area contributed by atoms with Gasteiger partial charge in [-0.05, 0) is 27.7 Å². The molecule has 0 aliphatic carbocycles. The van der Waals surface area contributed by atoms with Crippen LogP contribution in [0.1, 0.15) is 24.5 Å². The summed E-state index contributed by atoms with van der Waals surface area (Å²) in [4.78, 5) is 16.6. The second kappa shape index (κ2) is 6.36. The Morgan fingerprint density at radius 1 is 1.40 bits per heavy atom. The van der Waals surface area contributed by atoms with Crippen molar-refractivity contribution in [3.63, 3.8) is 0 Å². The number of hydrogen-bond acceptors (Lipinski definition) is 8. The Morgan fingerprint density at radius 2 is 2.15 bits per heavy atom. The highest BCUT2D eigenvalue weighted by Crippen LogP contribution is 2.30. The van der Waals surface area contributed by atoms with Crippen LogP contribution in [0, 0.1) is 13.8 Å². The van der Waals surface area contributed by atoms with E-state index >= 15 is 0 Å². The molecule has 0 atom stereocenters. The summed E-state index contributed by atoms with van der Waals surface area (Å²) >= 11 is 2.67. The number of carbonyl (C=O) groups is 1. The Hall–Kier alpha value is -1.41. The van der Waals surface area contributed by atoms with E-state index in [2.05, 4.69) is 15.2 Å². The summed E-state index contributed by atoms with van der Waals surface area (Å²) in [5, 5.41) is 9.19. The van der Waals surface area contributed by atoms with Gasteiger partial charge < -0.3 is 9.15 Å². The van der Waals surface area contributed by atoms with Crippen LogP contribution in [0.2, 0.25) is 0 Å². The molecule has 2 aromatic rings. The third kappa shape index (κ3) is 3.80. The van der Waals surface area contributed by atoms with Gasteiger partial charge in [-0.15, -0.1) is 21.5 Å². The minimum atomic E-state index is -0.297. The van der Waals surface area contributed by atoms with Crippen LogP contribution in [0.4, 0.5) is 0 Å². The van der Waals surface area contributed by atoms with Gasteiger partial charge >= 0.3 is 5.97 Å². The van der Waals surface area contributed by atoms with Crippen LogP contribution >= 0.6 is 23.1 Å². The van der Waals surface area contributed by atoms with Crippen LogP contribution in [0.3, 0.4) is 0 Å². The molecule has 0 N–H and O–H groups in total. The molecule has 2 rings (SSSR count). The van der Waals surface area contributed by atoms with Crippen molar-refractivity contribution in [3.8, 4) is 10.8 Å². The van der Waals surface area contributed by atoms with E-state index in [9.17, 15) is 4.79 Å². The van der Waals surface area contributed by atoms with Gasteiger partial charge in [0.25, 0.3) is 11.1 Å². The number of hydrogen-bond donors (Lipinski definition) is 0. The second-order valence-corrected chi connectivity index (χ2v) is 6.48. The van der Waals surface area contributed by atoms with Gasteiger partial charge in [0.15, 0.2) is 0 Å². The number of thioether (sulfide) groups is 1. The maximum Gasteiger partial charge on any atom is 0.316 e. The Labute approximate surface area is 125 Å². The maximum absolute atomic E-state index is 11.4. The summed E-state index contributed by atoms with van der Waals surface area (Å²) in [7, 11) is 0. The SMILES string of the molecule is Cc1nc(C)c(-c2nnc(SCC(=O)OC(C)C)o2)s1. The van der Waals surface area contributed by atoms with Gasteiger partial charge in [0.05, 0.1) is 16.8 Å². The number of nitrogens with zero attached hydrogens (tertiary/aromatic N) is 3. The summed E-state index contributed by atoms with van der Waals surface area (Å²) in [6.07, 6.45) is -0.121. The number of aromatic nitrogens is 3. The molecule has 0 aliphatic heterocycles. The zero-order valence-corrected chi connectivity index (χ0v) is 13.3. The third-order valence-electron chi connectivity index (χ3n) is 2.18. The summed E-state index contributed by atoms with van der Waals surface area (Å²) in [5.41, 5.74) is 0.868. The fraction of sp³-hybridized carbons (Fsp3) is 0.500. The van der Waals surface area contributed by atoms with Crippen LogP contribution in [-0.4, -0.2) is 33.0 Å². The average Bonchev–Trinajstić information content (AvgIpc) is 2.92. The number of ether oxygens (including phenoxy) is 1. The zero-order chi connectivity index (χ0) is 14.7. The van der Waals surface area contributed by atoms with Crippen LogP contribution in [0.25, 0.3) is 10.8 Å². The Bertz CT molecular complexity index is 607. The molecule has 20 heavy (non-hydrogen) atoms. The lowest BCUT2D eigenvalue weighted by Gasteiger charge is -2.05. The Morgan fingerprint density at radius 3 is 2.75 bits per heavy atom. The molecule has 0 aromatic carbocycles. The van der Waals surface area contributed by atoms with E-state index in [1.54, 1.807) is 0 Å². The predicted molar refractivity (Wildman–Crippen MR) is 76.8 cm³/mol. The monoisotopic (exact) mass is 313 g/mol. The average molecular weight is 313 g/mol. The van der Waals surface area contributed by atoms with Gasteiger partial charge in [0, 0.05) is 0 Å². The van der Waals surface area contributed by atoms with Crippen LogP contribution in [-0.2, 0) is 9.53 Å². The van der Waals surface area contributed by atoms with Crippen molar-refractivity contribution >= 4 is 29.1 Å². The van der Waals surface area contributed by atoms with Gasteiger partial charge in [0.2, 0.25) is 0 Å². The highest BCUT2D eigenvalue weighted by atomic mass is 32.2. The molecule has 0 amide bonds. The molecule has 0 unspecified atom stereocenters. The molecule has 0 radical (unpaired) electrons. The van der Waals surface area contributed by atoms with E-state index in [4.69, 9.17) is 9.15 Å². The first-order valence-corrected chi connectivity index (χ1v) is 7.86. The van der Waals surface area contributed by atoms with E-state index < -0.39 is 0 Å². The van der Waals surface area contributed by atoms with Crippen molar-refractivity contribution in [2.45, 2.75) is 39.0 Å². The van der Waals surface area contributed by atoms with Crippen molar-refractivity contribution in [1.82, 2.24) is 15.2 Å². The lowest BCUT2D eigenvalue weighted by Crippen LogP contribution is -2.13. The van der Waals surface area contributed by atoms with E-state index in [1.807, 2.05) is 27.7 Å². The van der Waals surface area contributed by atoms with Gasteiger partial charge in [-0.2, -0.15) is 0 Å². The number of carbonyl (C=O) groups excluding carboxylic acids is 1. The molecule has 0 bridgehead atoms. The number of thiazole rings is 1. The first kappa shape index (κ1) is 15.0. The first-order valence-electron chi connectivity index (χ1n) is 6.06. The van der Waals surface area contributed by atoms with Crippen LogP contribution in [0.15, 0.2) is 9.64 Å². The van der Waals surface area contributed by atoms with E-state index in [-0.39, 0.29) is 17.8 Å². The lowest BCUT2D eigenvalue weighted by atomic mass is 10.4. The molecule has 6 nitrogen and oxygen atoms in total. The van der Waals surface area contributed by atoms with E-state index in [1.165, 1.54) is 23.1 Å². The molecule has 8 heteroatoms. The van der Waals surface area contributed by atoms with Gasteiger partial charge in [-0.25, -0.2) is 4.98 Å². The van der Waals surface area contributed by atoms with Crippen molar-refractivity contribution in [2.24, 2.45) is 0 Å². The standard InChI is InChI=1S/C12H15N3O3S2/c1-6(2)17-9(16)5-19-12-15-14-11(18-12)10-7(3)13-8(4)20-10/h6H,5H2,1-4H3. The van der Waals surface area contributed by atoms with Crippen LogP contribution in [0.5, 0.6) is 0 Å². The fourth-order valence-corrected chi connectivity index (χ4v) is 2.89. The van der Waals surface area contributed by atoms with Gasteiger partial charge in [-0.3, -0.25) is 4.79 Å². The quantitative estimate of drug-likeness (QED) is 0.620. The Balaban J connectivity index is 1.99. The topological polar surface area (TPSA) is 78.1 Å². The van der Waals surface area contributed by atoms with Gasteiger partial charge in [-0.1, -0.05) is 11.8 Å². The van der Waals surface area contributed by atoms with Crippen molar-refractivity contribution in [2.75, 3.05) is 5.75 Å². The third-order valence-corrected chi connectivity index (χ3v) is 4.04. The molecule has 0 aliphatic rings. The van der Waals surface area contributed by atoms with Crippen molar-refractivity contribution in [3.05, 3.63) is 10.7 Å². The highest BCUT2D eigenvalue weighted by molar-refractivity contribution is 7.99. The predicted octanol–water partition coefficient (Wildman–Crippen LogP) is 2.85. The Kier molecular flexibility index (Phi) is 4.77. The molecule has 108 valence electrons. The maximum atomic E-state index is 11.4. The van der Waals surface area contributed by atoms with E-state index in [0.29, 0.717) is 11.1 Å². The fourth-order valence-electron chi connectivity index (χ4n) is 1.51. The normalized spacial score (nSPS) is 11.1. The summed E-state index contributed by atoms with van der Waals surface area (Å²) in [6, 6.07) is 0. The van der Waals surface area contributed by atoms with Crippen molar-refractivity contribution < 1.29 is 13.9 Å². The molecule has 2 heterocycles. The zero-order valence-electron chi connectivity index (χ0n) is 11.7. The summed E-state index contributed by atoms with van der Waals surface area (Å²) in [6.45, 7) is 7.44. The minimum Gasteiger partial charge on any atom is -0.462 e. The van der Waals surface area contributed by atoms with E-state index in [0.717, 1.165) is 15.6 Å². The smallest absolute Gasteiger partial charge is 0.316 e. The molecule has 0 spiro atoms. The van der Waals surface area contributed by atoms with Crippen molar-refractivity contribution in [1.29, 1.82) is 0 Å². The van der Waals surface area contributed by atoms with Gasteiger partial charge in [0.1, 0.15) is 10.6 Å². The molecule has 0 fully saturated rings. The molecule has 2 aromatic heterocycles. The molecule has 0 saturated heterocycles. The molecule has 0 saturated carbocycles. The number of aryl methyl sites for hydroxylation is 2. The summed E-state index contributed by atoms with van der Waals surface area (Å²) in [5.74, 6) is 0.294. The molecular formula is C12H15N3O3S2. The highest BCUT2D eigenvalue weighted by Gasteiger charge is 2.16. The summed E-state index contributed by atoms with van der Waals surface area (Å²) < 4.78 is 10.6. The second-order valence-electron chi connectivity index (χ2n) is 4.35. The molecular weight excluding hydrogens is 298 g/mol. The lowest BCUT2D eigenvalue weighted by molar-refractivity contribution is -0.144. The minimum absolute atomic E-state index is 0.121. The van der Waals surface area contributed by atoms with Crippen LogP contribution < -0.4 is 0 Å². The number of rotatable bonds is 5. The number of esters is 1. The largest absolute Gasteiger partial charge is 0.462 e. The first-order chi connectivity index (χ1) is 9.45.